The first kappa shape index (κ1) is 33.1. The third-order valence-corrected chi connectivity index (χ3v) is 9.69. The normalized spacial score (nSPS) is 11.9. The Morgan fingerprint density at radius 3 is 2.09 bits per heavy atom. The van der Waals surface area contributed by atoms with Crippen LogP contribution in [0.3, 0.4) is 0 Å². The van der Waals surface area contributed by atoms with Crippen LogP contribution >= 0.6 is 23.2 Å². The van der Waals surface area contributed by atoms with Crippen molar-refractivity contribution in [1.82, 2.24) is 10.2 Å². The van der Waals surface area contributed by atoms with Gasteiger partial charge in [0.1, 0.15) is 12.6 Å². The molecule has 7 nitrogen and oxygen atoms in total. The van der Waals surface area contributed by atoms with E-state index in [1.165, 1.54) is 23.1 Å². The summed E-state index contributed by atoms with van der Waals surface area (Å²) in [6.07, 6.45) is 0.948. The van der Waals surface area contributed by atoms with Crippen LogP contribution in [0.1, 0.15) is 30.0 Å². The first-order chi connectivity index (χ1) is 21.1. The molecule has 10 heteroatoms. The Morgan fingerprint density at radius 2 is 1.45 bits per heavy atom. The SMILES string of the molecule is CCCNC(=O)[C@H](Cc1ccccc1)N(Cc1ccc(C)cc1)C(=O)CN(c1cccc(Cl)c1Cl)S(=O)(=O)c1ccccc1. The molecule has 0 aliphatic carbocycles. The van der Waals surface area contributed by atoms with Gasteiger partial charge in [0, 0.05) is 19.5 Å². The molecule has 0 spiro atoms. The second kappa shape index (κ2) is 15.2. The summed E-state index contributed by atoms with van der Waals surface area (Å²) in [4.78, 5) is 29.6. The molecule has 2 amide bonds. The van der Waals surface area contributed by atoms with Crippen LogP contribution in [0.4, 0.5) is 5.69 Å². The lowest BCUT2D eigenvalue weighted by Gasteiger charge is -2.34. The van der Waals surface area contributed by atoms with Crippen molar-refractivity contribution in [3.8, 4) is 0 Å². The minimum absolute atomic E-state index is 0.00641. The number of hydrogen-bond acceptors (Lipinski definition) is 4. The Balaban J connectivity index is 1.81. The maximum absolute atomic E-state index is 14.4. The van der Waals surface area contributed by atoms with E-state index in [9.17, 15) is 18.0 Å². The van der Waals surface area contributed by atoms with E-state index < -0.39 is 28.5 Å². The number of aryl methyl sites for hydroxylation is 1. The van der Waals surface area contributed by atoms with Crippen LogP contribution in [0.2, 0.25) is 10.0 Å². The summed E-state index contributed by atoms with van der Waals surface area (Å²) in [7, 11) is -4.28. The molecule has 4 aromatic carbocycles. The highest BCUT2D eigenvalue weighted by molar-refractivity contribution is 7.92. The Hall–Kier alpha value is -3.85. The van der Waals surface area contributed by atoms with E-state index in [4.69, 9.17) is 23.2 Å². The first-order valence-corrected chi connectivity index (χ1v) is 16.5. The molecule has 0 radical (unpaired) electrons. The van der Waals surface area contributed by atoms with Crippen LogP contribution in [0.15, 0.2) is 108 Å². The third-order valence-electron chi connectivity index (χ3n) is 7.10. The molecule has 0 aliphatic heterocycles. The van der Waals surface area contributed by atoms with Crippen molar-refractivity contribution in [2.75, 3.05) is 17.4 Å². The number of nitrogens with zero attached hydrogens (tertiary/aromatic N) is 2. The predicted octanol–water partition coefficient (Wildman–Crippen LogP) is 6.66. The second-order valence-corrected chi connectivity index (χ2v) is 13.0. The van der Waals surface area contributed by atoms with Crippen molar-refractivity contribution in [2.45, 2.75) is 44.2 Å². The number of rotatable bonds is 13. The molecule has 4 rings (SSSR count). The van der Waals surface area contributed by atoms with Crippen LogP contribution in [0.25, 0.3) is 0 Å². The molecule has 230 valence electrons. The van der Waals surface area contributed by atoms with E-state index in [1.54, 1.807) is 30.3 Å². The number of nitrogens with one attached hydrogen (secondary N) is 1. The Morgan fingerprint density at radius 1 is 0.818 bits per heavy atom. The molecule has 1 N–H and O–H groups in total. The van der Waals surface area contributed by atoms with E-state index in [2.05, 4.69) is 5.32 Å². The quantitative estimate of drug-likeness (QED) is 0.175. The molecule has 44 heavy (non-hydrogen) atoms. The van der Waals surface area contributed by atoms with Gasteiger partial charge in [-0.25, -0.2) is 8.42 Å². The fourth-order valence-electron chi connectivity index (χ4n) is 4.73. The lowest BCUT2D eigenvalue weighted by molar-refractivity contribution is -0.140. The lowest BCUT2D eigenvalue weighted by Crippen LogP contribution is -2.53. The van der Waals surface area contributed by atoms with Crippen molar-refractivity contribution >= 4 is 50.7 Å². The van der Waals surface area contributed by atoms with Crippen molar-refractivity contribution in [2.24, 2.45) is 0 Å². The Bertz CT molecular complexity index is 1670. The third kappa shape index (κ3) is 8.20. The van der Waals surface area contributed by atoms with Gasteiger partial charge in [-0.1, -0.05) is 115 Å². The van der Waals surface area contributed by atoms with Gasteiger partial charge in [0.25, 0.3) is 10.0 Å². The molecule has 0 aliphatic rings. The molecular weight excluding hydrogens is 617 g/mol. The van der Waals surface area contributed by atoms with Crippen LogP contribution in [-0.2, 0) is 32.6 Å². The zero-order chi connectivity index (χ0) is 31.7. The van der Waals surface area contributed by atoms with Crippen LogP contribution in [-0.4, -0.2) is 44.3 Å². The summed E-state index contributed by atoms with van der Waals surface area (Å²) in [5, 5.41) is 3.07. The first-order valence-electron chi connectivity index (χ1n) is 14.3. The highest BCUT2D eigenvalue weighted by Gasteiger charge is 2.35. The maximum Gasteiger partial charge on any atom is 0.264 e. The molecule has 0 fully saturated rings. The molecular formula is C34H35Cl2N3O4S. The molecule has 0 bridgehead atoms. The van der Waals surface area contributed by atoms with Gasteiger partial charge in [0.2, 0.25) is 11.8 Å². The number of halogens is 2. The number of hydrogen-bond donors (Lipinski definition) is 1. The summed E-state index contributed by atoms with van der Waals surface area (Å²) in [6, 6.07) is 28.6. The van der Waals surface area contributed by atoms with Crippen molar-refractivity contribution in [1.29, 1.82) is 0 Å². The lowest BCUT2D eigenvalue weighted by atomic mass is 10.0. The fraction of sp³-hybridized carbons (Fsp3) is 0.235. The number of amides is 2. The van der Waals surface area contributed by atoms with Gasteiger partial charge in [-0.15, -0.1) is 0 Å². The average Bonchev–Trinajstić information content (AvgIpc) is 3.03. The summed E-state index contributed by atoms with van der Waals surface area (Å²) < 4.78 is 29.1. The monoisotopic (exact) mass is 651 g/mol. The number of anilines is 1. The van der Waals surface area contributed by atoms with Crippen molar-refractivity contribution in [3.05, 3.63) is 130 Å². The van der Waals surface area contributed by atoms with Gasteiger partial charge in [-0.2, -0.15) is 0 Å². The van der Waals surface area contributed by atoms with Gasteiger partial charge in [-0.05, 0) is 48.7 Å². The largest absolute Gasteiger partial charge is 0.354 e. The Kier molecular flexibility index (Phi) is 11.4. The fourth-order valence-corrected chi connectivity index (χ4v) is 6.62. The van der Waals surface area contributed by atoms with E-state index in [-0.39, 0.29) is 39.5 Å². The summed E-state index contributed by atoms with van der Waals surface area (Å²) >= 11 is 12.8. The van der Waals surface area contributed by atoms with Gasteiger partial charge in [0.05, 0.1) is 20.6 Å². The van der Waals surface area contributed by atoms with Gasteiger partial charge in [-0.3, -0.25) is 13.9 Å². The van der Waals surface area contributed by atoms with Crippen LogP contribution < -0.4 is 9.62 Å². The van der Waals surface area contributed by atoms with Crippen molar-refractivity contribution in [3.63, 3.8) is 0 Å². The van der Waals surface area contributed by atoms with Gasteiger partial charge < -0.3 is 10.2 Å². The zero-order valence-corrected chi connectivity index (χ0v) is 26.9. The predicted molar refractivity (Wildman–Crippen MR) is 176 cm³/mol. The summed E-state index contributed by atoms with van der Waals surface area (Å²) in [5.74, 6) is -0.900. The summed E-state index contributed by atoms with van der Waals surface area (Å²) in [5.41, 5.74) is 2.76. The highest BCUT2D eigenvalue weighted by atomic mass is 35.5. The molecule has 1 atom stereocenters. The standard InChI is InChI=1S/C34H35Cl2N3O4S/c1-3-21-37-34(41)31(22-26-11-6-4-7-12-26)38(23-27-19-17-25(2)18-20-27)32(40)24-39(30-16-10-15-29(35)33(30)36)44(42,43)28-13-8-5-9-14-28/h4-20,31H,3,21-24H2,1-2H3,(H,37,41)/t31-/m0/s1. The van der Waals surface area contributed by atoms with E-state index in [0.29, 0.717) is 13.0 Å². The minimum atomic E-state index is -4.28. The minimum Gasteiger partial charge on any atom is -0.354 e. The number of carbonyl (C=O) groups excluding carboxylic acids is 2. The maximum atomic E-state index is 14.4. The van der Waals surface area contributed by atoms with Crippen LogP contribution in [0.5, 0.6) is 0 Å². The smallest absolute Gasteiger partial charge is 0.264 e. The second-order valence-electron chi connectivity index (χ2n) is 10.4. The van der Waals surface area contributed by atoms with Gasteiger partial charge >= 0.3 is 0 Å². The van der Waals surface area contributed by atoms with Crippen LogP contribution in [0, 0.1) is 6.92 Å². The molecule has 4 aromatic rings. The summed E-state index contributed by atoms with van der Waals surface area (Å²) in [6.45, 7) is 3.81. The Labute approximate surface area is 269 Å². The van der Waals surface area contributed by atoms with E-state index >= 15 is 0 Å². The zero-order valence-electron chi connectivity index (χ0n) is 24.6. The molecule has 0 unspecified atom stereocenters. The van der Waals surface area contributed by atoms with Gasteiger partial charge in [0.15, 0.2) is 0 Å². The average molecular weight is 653 g/mol. The molecule has 0 aromatic heterocycles. The topological polar surface area (TPSA) is 86.8 Å². The number of benzene rings is 4. The number of carbonyl (C=O) groups is 2. The highest BCUT2D eigenvalue weighted by Crippen LogP contribution is 2.35. The number of sulfonamides is 1. The molecule has 0 saturated heterocycles. The van der Waals surface area contributed by atoms with Crippen molar-refractivity contribution < 1.29 is 18.0 Å². The van der Waals surface area contributed by atoms with E-state index in [1.807, 2.05) is 68.4 Å². The molecule has 0 heterocycles. The molecule has 0 saturated carbocycles. The van der Waals surface area contributed by atoms with E-state index in [0.717, 1.165) is 21.0 Å².